The molecule has 2 aromatic carbocycles. The number of nitrogens with zero attached hydrogens (tertiary/aromatic N) is 5. The monoisotopic (exact) mass is 438 g/mol. The number of aldehydes is 1. The molecule has 0 radical (unpaired) electrons. The molecule has 0 aliphatic carbocycles. The summed E-state index contributed by atoms with van der Waals surface area (Å²) in [5, 5.41) is 17.3. The van der Waals surface area contributed by atoms with Gasteiger partial charge in [-0.1, -0.05) is 28.4 Å². The van der Waals surface area contributed by atoms with Crippen LogP contribution in [0.4, 0.5) is 0 Å². The summed E-state index contributed by atoms with van der Waals surface area (Å²) in [7, 11) is 0. The van der Waals surface area contributed by atoms with Crippen LogP contribution in [-0.4, -0.2) is 36.5 Å². The molecule has 0 fully saturated rings. The van der Waals surface area contributed by atoms with Crippen LogP contribution in [-0.2, 0) is 6.54 Å². The van der Waals surface area contributed by atoms with Crippen molar-refractivity contribution in [3.05, 3.63) is 70.0 Å². The lowest BCUT2D eigenvalue weighted by molar-refractivity contribution is 0.112. The maximum absolute atomic E-state index is 11.1. The predicted octanol–water partition coefficient (Wildman–Crippen LogP) is 4.66. The van der Waals surface area contributed by atoms with Crippen molar-refractivity contribution in [1.29, 1.82) is 0 Å². The van der Waals surface area contributed by atoms with Crippen molar-refractivity contribution in [1.82, 2.24) is 30.2 Å². The first-order chi connectivity index (χ1) is 14.6. The number of ether oxygens (including phenoxy) is 1. The fourth-order valence-corrected chi connectivity index (χ4v) is 3.63. The first-order valence-electron chi connectivity index (χ1n) is 8.85. The largest absolute Gasteiger partial charge is 0.453 e. The Bertz CT molecular complexity index is 1410. The number of aromatic nitrogens is 6. The van der Waals surface area contributed by atoms with Crippen molar-refractivity contribution in [3.63, 3.8) is 0 Å². The molecule has 0 atom stereocenters. The van der Waals surface area contributed by atoms with Gasteiger partial charge < -0.3 is 4.74 Å². The number of fused-ring (bicyclic) bond motifs is 2. The van der Waals surface area contributed by atoms with Crippen molar-refractivity contribution in [2.45, 2.75) is 6.54 Å². The molecule has 30 heavy (non-hydrogen) atoms. The van der Waals surface area contributed by atoms with E-state index < -0.39 is 0 Å². The molecule has 0 aliphatic rings. The Morgan fingerprint density at radius 3 is 2.93 bits per heavy atom. The maximum Gasteiger partial charge on any atom is 0.181 e. The molecular formula is C20H12Cl2N6O2. The number of carbonyl (C=O) groups is 1. The highest BCUT2D eigenvalue weighted by Crippen LogP contribution is 2.36. The van der Waals surface area contributed by atoms with Crippen molar-refractivity contribution in [2.24, 2.45) is 0 Å². The lowest BCUT2D eigenvalue weighted by Crippen LogP contribution is -2.02. The van der Waals surface area contributed by atoms with Gasteiger partial charge in [-0.25, -0.2) is 9.67 Å². The molecule has 1 N–H and O–H groups in total. The Morgan fingerprint density at radius 2 is 2.07 bits per heavy atom. The maximum atomic E-state index is 11.1. The van der Waals surface area contributed by atoms with Crippen molar-refractivity contribution < 1.29 is 9.53 Å². The Hall–Kier alpha value is -3.49. The highest BCUT2D eigenvalue weighted by atomic mass is 35.5. The van der Waals surface area contributed by atoms with Crippen LogP contribution in [0, 0.1) is 0 Å². The summed E-state index contributed by atoms with van der Waals surface area (Å²) in [4.78, 5) is 15.3. The number of benzene rings is 2. The lowest BCUT2D eigenvalue weighted by atomic mass is 10.2. The second kappa shape index (κ2) is 7.40. The lowest BCUT2D eigenvalue weighted by Gasteiger charge is -2.09. The van der Waals surface area contributed by atoms with E-state index in [2.05, 4.69) is 25.5 Å². The molecule has 5 aromatic rings. The van der Waals surface area contributed by atoms with E-state index in [9.17, 15) is 4.79 Å². The molecule has 3 heterocycles. The van der Waals surface area contributed by atoms with Crippen molar-refractivity contribution >= 4 is 51.6 Å². The third-order valence-corrected chi connectivity index (χ3v) is 5.07. The number of pyridine rings is 1. The van der Waals surface area contributed by atoms with E-state index >= 15 is 0 Å². The first kappa shape index (κ1) is 18.5. The van der Waals surface area contributed by atoms with Gasteiger partial charge in [-0.15, -0.1) is 5.10 Å². The zero-order valence-corrected chi connectivity index (χ0v) is 16.7. The summed E-state index contributed by atoms with van der Waals surface area (Å²) in [6.07, 6.45) is 2.39. The van der Waals surface area contributed by atoms with Gasteiger partial charge in [0.05, 0.1) is 22.8 Å². The summed E-state index contributed by atoms with van der Waals surface area (Å²) < 4.78 is 7.66. The first-order valence-corrected chi connectivity index (χ1v) is 9.61. The van der Waals surface area contributed by atoms with E-state index in [1.807, 2.05) is 18.2 Å². The second-order valence-electron chi connectivity index (χ2n) is 6.51. The molecule has 0 aliphatic heterocycles. The molecule has 0 bridgehead atoms. The molecule has 0 spiro atoms. The molecule has 0 saturated carbocycles. The SMILES string of the molecule is O=Cc1cc(Cl)cc(Oc2c(Cl)ccc3c2nnn3Cc2[nH]nc3ncccc23)c1. The fraction of sp³-hybridized carbons (Fsp3) is 0.0500. The molecule has 0 saturated heterocycles. The van der Waals surface area contributed by atoms with Crippen LogP contribution in [0.15, 0.2) is 48.7 Å². The molecule has 0 amide bonds. The van der Waals surface area contributed by atoms with E-state index in [1.54, 1.807) is 35.1 Å². The van der Waals surface area contributed by atoms with E-state index in [0.29, 0.717) is 51.1 Å². The Balaban J connectivity index is 1.55. The van der Waals surface area contributed by atoms with Gasteiger partial charge in [0.25, 0.3) is 0 Å². The molecule has 5 rings (SSSR count). The molecule has 148 valence electrons. The quantitative estimate of drug-likeness (QED) is 0.400. The van der Waals surface area contributed by atoms with E-state index in [4.69, 9.17) is 27.9 Å². The van der Waals surface area contributed by atoms with Crippen LogP contribution in [0.5, 0.6) is 11.5 Å². The number of hydrogen-bond acceptors (Lipinski definition) is 6. The average Bonchev–Trinajstić information content (AvgIpc) is 3.34. The van der Waals surface area contributed by atoms with Crippen LogP contribution in [0.3, 0.4) is 0 Å². The number of H-pyrrole nitrogens is 1. The number of rotatable bonds is 5. The molecule has 0 unspecified atom stereocenters. The summed E-state index contributed by atoms with van der Waals surface area (Å²) in [5.41, 5.74) is 3.09. The van der Waals surface area contributed by atoms with E-state index in [0.717, 1.165) is 16.6 Å². The van der Waals surface area contributed by atoms with Crippen LogP contribution in [0.1, 0.15) is 16.1 Å². The van der Waals surface area contributed by atoms with Crippen LogP contribution >= 0.6 is 23.2 Å². The van der Waals surface area contributed by atoms with Crippen molar-refractivity contribution in [2.75, 3.05) is 0 Å². The zero-order chi connectivity index (χ0) is 20.7. The minimum Gasteiger partial charge on any atom is -0.453 e. The molecule has 8 nitrogen and oxygen atoms in total. The number of hydrogen-bond donors (Lipinski definition) is 1. The van der Waals surface area contributed by atoms with Gasteiger partial charge in [0, 0.05) is 22.2 Å². The van der Waals surface area contributed by atoms with Gasteiger partial charge in [-0.2, -0.15) is 5.10 Å². The van der Waals surface area contributed by atoms with E-state index in [-0.39, 0.29) is 0 Å². The average molecular weight is 439 g/mol. The van der Waals surface area contributed by atoms with Gasteiger partial charge in [-0.3, -0.25) is 9.89 Å². The standard InChI is InChI=1S/C20H12Cl2N6O2/c21-12-6-11(10-29)7-13(8-12)30-19-15(22)3-4-17-18(19)25-27-28(17)9-16-14-2-1-5-23-20(14)26-24-16/h1-8,10H,9H2,(H,23,24,26). The fourth-order valence-electron chi connectivity index (χ4n) is 3.20. The highest BCUT2D eigenvalue weighted by Gasteiger charge is 2.17. The van der Waals surface area contributed by atoms with Crippen molar-refractivity contribution in [3.8, 4) is 11.5 Å². The van der Waals surface area contributed by atoms with Crippen LogP contribution < -0.4 is 4.74 Å². The summed E-state index contributed by atoms with van der Waals surface area (Å²) in [5.74, 6) is 0.704. The third kappa shape index (κ3) is 3.26. The minimum atomic E-state index is 0.329. The smallest absolute Gasteiger partial charge is 0.181 e. The Labute approximate surface area is 179 Å². The molecular weight excluding hydrogens is 427 g/mol. The molecule has 3 aromatic heterocycles. The number of halogens is 2. The Morgan fingerprint density at radius 1 is 1.17 bits per heavy atom. The number of nitrogens with one attached hydrogen (secondary N) is 1. The predicted molar refractivity (Wildman–Crippen MR) is 112 cm³/mol. The van der Waals surface area contributed by atoms with Gasteiger partial charge in [0.15, 0.2) is 16.9 Å². The normalized spacial score (nSPS) is 11.3. The highest BCUT2D eigenvalue weighted by molar-refractivity contribution is 6.33. The van der Waals surface area contributed by atoms with E-state index in [1.165, 1.54) is 0 Å². The summed E-state index contributed by atoms with van der Waals surface area (Å²) in [6, 6.07) is 12.0. The van der Waals surface area contributed by atoms with Gasteiger partial charge in [0.2, 0.25) is 0 Å². The van der Waals surface area contributed by atoms with Gasteiger partial charge in [0.1, 0.15) is 12.0 Å². The summed E-state index contributed by atoms with van der Waals surface area (Å²) in [6.45, 7) is 0.409. The van der Waals surface area contributed by atoms with Crippen LogP contribution in [0.2, 0.25) is 10.0 Å². The Kier molecular flexibility index (Phi) is 4.57. The minimum absolute atomic E-state index is 0.329. The zero-order valence-electron chi connectivity index (χ0n) is 15.2. The third-order valence-electron chi connectivity index (χ3n) is 4.56. The van der Waals surface area contributed by atoms with Gasteiger partial charge in [-0.05, 0) is 42.5 Å². The van der Waals surface area contributed by atoms with Gasteiger partial charge >= 0.3 is 0 Å². The topological polar surface area (TPSA) is 98.6 Å². The molecule has 10 heteroatoms. The number of carbonyl (C=O) groups excluding carboxylic acids is 1. The number of aromatic amines is 1. The summed E-state index contributed by atoms with van der Waals surface area (Å²) >= 11 is 12.4. The van der Waals surface area contributed by atoms with Crippen LogP contribution in [0.25, 0.3) is 22.1 Å². The second-order valence-corrected chi connectivity index (χ2v) is 7.35.